The van der Waals surface area contributed by atoms with Gasteiger partial charge in [-0.1, -0.05) is 12.1 Å². The van der Waals surface area contributed by atoms with E-state index in [1.165, 1.54) is 0 Å². The molecule has 4 aromatic rings. The summed E-state index contributed by atoms with van der Waals surface area (Å²) in [6.07, 6.45) is 5.39. The topological polar surface area (TPSA) is 128 Å². The molecule has 0 radical (unpaired) electrons. The van der Waals surface area contributed by atoms with E-state index in [-0.39, 0.29) is 5.71 Å². The molecule has 0 aromatic carbocycles. The highest BCUT2D eigenvalue weighted by Gasteiger charge is 2.24. The van der Waals surface area contributed by atoms with Crippen LogP contribution >= 0.6 is 0 Å². The van der Waals surface area contributed by atoms with Crippen molar-refractivity contribution in [1.82, 2.24) is 24.5 Å². The summed E-state index contributed by atoms with van der Waals surface area (Å²) < 4.78 is 3.64. The molecule has 0 saturated heterocycles. The second-order valence-corrected chi connectivity index (χ2v) is 8.81. The number of hydrogen-bond donors (Lipinski definition) is 3. The average molecular weight is 512 g/mol. The summed E-state index contributed by atoms with van der Waals surface area (Å²) in [6, 6.07) is 11.7. The minimum atomic E-state index is 0.172. The second-order valence-electron chi connectivity index (χ2n) is 8.81. The second kappa shape index (κ2) is 10.4. The smallest absolute Gasteiger partial charge is 0.177 e. The maximum atomic E-state index is 8.63. The Morgan fingerprint density at radius 2 is 1.26 bits per heavy atom. The van der Waals surface area contributed by atoms with Crippen LogP contribution in [-0.2, 0) is 0 Å². The molecule has 0 aliphatic carbocycles. The van der Waals surface area contributed by atoms with E-state index in [1.54, 1.807) is 6.08 Å². The van der Waals surface area contributed by atoms with Gasteiger partial charge in [-0.2, -0.15) is 0 Å². The fraction of sp³-hybridized carbons (Fsp3) is 0.296. The molecule has 4 N–H and O–H groups in total. The fourth-order valence-corrected chi connectivity index (χ4v) is 4.58. The number of aliphatic imine (C=N–C) groups is 2. The average Bonchev–Trinajstić information content (AvgIpc) is 3.47. The number of nitrogens with two attached hydrogens (primary N) is 1. The first-order valence-electron chi connectivity index (χ1n) is 12.9. The van der Waals surface area contributed by atoms with Gasteiger partial charge in [0.05, 0.1) is 22.4 Å². The minimum absolute atomic E-state index is 0.172. The third-order valence-corrected chi connectivity index (χ3v) is 6.63. The quantitative estimate of drug-likeness (QED) is 0.329. The van der Waals surface area contributed by atoms with Crippen molar-refractivity contribution in [3.63, 3.8) is 0 Å². The van der Waals surface area contributed by atoms with E-state index in [4.69, 9.17) is 31.3 Å². The summed E-state index contributed by atoms with van der Waals surface area (Å²) in [5, 5.41) is 21.4. The van der Waals surface area contributed by atoms with E-state index in [0.717, 1.165) is 48.8 Å². The van der Waals surface area contributed by atoms with Gasteiger partial charge < -0.3 is 20.9 Å². The van der Waals surface area contributed by atoms with E-state index < -0.39 is 0 Å². The Labute approximate surface area is 221 Å². The van der Waals surface area contributed by atoms with Gasteiger partial charge in [0, 0.05) is 38.6 Å². The Balaban J connectivity index is 1.64. The van der Waals surface area contributed by atoms with Crippen LogP contribution in [0.4, 0.5) is 23.0 Å². The Hall–Kier alpha value is -4.67. The highest BCUT2D eigenvalue weighted by Crippen LogP contribution is 2.34. The van der Waals surface area contributed by atoms with E-state index >= 15 is 0 Å². The molecule has 0 bridgehead atoms. The minimum Gasteiger partial charge on any atom is -0.396 e. The van der Waals surface area contributed by atoms with Gasteiger partial charge in [0.15, 0.2) is 23.3 Å². The van der Waals surface area contributed by atoms with Crippen molar-refractivity contribution in [2.75, 3.05) is 36.0 Å². The number of hydrogen-bond acceptors (Lipinski definition) is 8. The normalized spacial score (nSPS) is 15.9. The maximum Gasteiger partial charge on any atom is 0.177 e. The predicted octanol–water partition coefficient (Wildman–Crippen LogP) is 3.90. The van der Waals surface area contributed by atoms with Gasteiger partial charge in [0.2, 0.25) is 0 Å². The summed E-state index contributed by atoms with van der Waals surface area (Å²) in [5.74, 6) is 2.31. The Morgan fingerprint density at radius 1 is 0.789 bits per heavy atom. The number of rotatable bonds is 8. The van der Waals surface area contributed by atoms with E-state index in [0.29, 0.717) is 28.7 Å². The lowest BCUT2D eigenvalue weighted by atomic mass is 10.2. The third-order valence-electron chi connectivity index (χ3n) is 6.63. The highest BCUT2D eigenvalue weighted by molar-refractivity contribution is 6.50. The van der Waals surface area contributed by atoms with Crippen molar-refractivity contribution in [3.8, 4) is 0 Å². The molecule has 1 aliphatic rings. The zero-order valence-corrected chi connectivity index (χ0v) is 22.2. The molecule has 38 heavy (non-hydrogen) atoms. The molecule has 0 amide bonds. The molecular weight excluding hydrogens is 478 g/mol. The van der Waals surface area contributed by atoms with Crippen molar-refractivity contribution in [2.24, 2.45) is 15.7 Å². The standard InChI is InChI=1S/C27H33N11/c1-5-35(6-2)26-22(20-13-9-11-15-37(20)33-26)30-24-18(28)17-19(29)25(32-24)31-23-21-14-10-12-16-38(21)34-27(23)36(7-3)8-4/h9-17,28H,5-8,29H2,1-4H3,(H,30,31,32). The van der Waals surface area contributed by atoms with Gasteiger partial charge in [-0.05, 0) is 58.0 Å². The number of anilines is 2. The number of aromatic nitrogens is 4. The van der Waals surface area contributed by atoms with Gasteiger partial charge in [0.25, 0.3) is 0 Å². The van der Waals surface area contributed by atoms with Crippen LogP contribution in [0.15, 0.2) is 70.5 Å². The predicted molar refractivity (Wildman–Crippen MR) is 155 cm³/mol. The first kappa shape index (κ1) is 25.0. The SMILES string of the molecule is CCN(CC)c1nn2ccccc2c1/N=C1\N/C(=N\c2c(N(CC)CC)nn3ccccc23)C(N)=CC1=N. The van der Waals surface area contributed by atoms with Crippen LogP contribution in [0, 0.1) is 5.41 Å². The van der Waals surface area contributed by atoms with Crippen LogP contribution in [0.5, 0.6) is 0 Å². The summed E-state index contributed by atoms with van der Waals surface area (Å²) in [4.78, 5) is 14.2. The highest BCUT2D eigenvalue weighted by atomic mass is 15.3. The van der Waals surface area contributed by atoms with Gasteiger partial charge in [0.1, 0.15) is 11.4 Å². The molecule has 0 saturated carbocycles. The summed E-state index contributed by atoms with van der Waals surface area (Å²) >= 11 is 0. The lowest BCUT2D eigenvalue weighted by Gasteiger charge is -2.21. The van der Waals surface area contributed by atoms with Crippen molar-refractivity contribution >= 4 is 51.4 Å². The van der Waals surface area contributed by atoms with Crippen molar-refractivity contribution in [1.29, 1.82) is 5.41 Å². The molecule has 0 fully saturated rings. The van der Waals surface area contributed by atoms with E-state index in [1.807, 2.05) is 57.8 Å². The number of pyridine rings is 2. The maximum absolute atomic E-state index is 8.63. The molecule has 4 aromatic heterocycles. The van der Waals surface area contributed by atoms with Crippen molar-refractivity contribution < 1.29 is 0 Å². The van der Waals surface area contributed by atoms with Crippen LogP contribution in [0.2, 0.25) is 0 Å². The monoisotopic (exact) mass is 511 g/mol. The molecule has 5 rings (SSSR count). The summed E-state index contributed by atoms with van der Waals surface area (Å²) in [5.41, 5.74) is 10.0. The molecule has 1 aliphatic heterocycles. The van der Waals surface area contributed by atoms with Gasteiger partial charge in [-0.25, -0.2) is 19.0 Å². The summed E-state index contributed by atoms with van der Waals surface area (Å²) in [6.45, 7) is 11.5. The van der Waals surface area contributed by atoms with Crippen molar-refractivity contribution in [3.05, 3.63) is 60.6 Å². The number of amidine groups is 2. The third kappa shape index (κ3) is 4.36. The molecule has 11 heteroatoms. The van der Waals surface area contributed by atoms with Crippen LogP contribution in [0.1, 0.15) is 27.7 Å². The van der Waals surface area contributed by atoms with Gasteiger partial charge in [-0.3, -0.25) is 5.41 Å². The number of nitrogens with one attached hydrogen (secondary N) is 2. The van der Waals surface area contributed by atoms with Crippen LogP contribution in [0.3, 0.4) is 0 Å². The Bertz CT molecular complexity index is 1580. The van der Waals surface area contributed by atoms with Gasteiger partial charge >= 0.3 is 0 Å². The molecular formula is C27H33N11. The lowest BCUT2D eigenvalue weighted by Crippen LogP contribution is -2.42. The van der Waals surface area contributed by atoms with Crippen LogP contribution < -0.4 is 20.9 Å². The van der Waals surface area contributed by atoms with E-state index in [2.05, 4.69) is 42.8 Å². The number of fused-ring (bicyclic) bond motifs is 2. The lowest BCUT2D eigenvalue weighted by molar-refractivity contribution is 0.824. The zero-order valence-electron chi connectivity index (χ0n) is 22.2. The molecule has 0 atom stereocenters. The summed E-state index contributed by atoms with van der Waals surface area (Å²) in [7, 11) is 0. The number of nitrogens with zero attached hydrogens (tertiary/aromatic N) is 8. The van der Waals surface area contributed by atoms with Crippen molar-refractivity contribution in [2.45, 2.75) is 27.7 Å². The fourth-order valence-electron chi connectivity index (χ4n) is 4.58. The first-order valence-corrected chi connectivity index (χ1v) is 12.9. The van der Waals surface area contributed by atoms with Gasteiger partial charge in [-0.15, -0.1) is 10.2 Å². The first-order chi connectivity index (χ1) is 18.5. The largest absolute Gasteiger partial charge is 0.396 e. The van der Waals surface area contributed by atoms with E-state index in [9.17, 15) is 0 Å². The molecule has 0 spiro atoms. The molecule has 196 valence electrons. The molecule has 11 nitrogen and oxygen atoms in total. The Kier molecular flexibility index (Phi) is 6.82. The van der Waals surface area contributed by atoms with Crippen LogP contribution in [-0.4, -0.2) is 62.8 Å². The molecule has 5 heterocycles. The zero-order chi connectivity index (χ0) is 26.8. The van der Waals surface area contributed by atoms with Crippen LogP contribution in [0.25, 0.3) is 11.0 Å². The Morgan fingerprint density at radius 3 is 1.74 bits per heavy atom. The molecule has 0 unspecified atom stereocenters.